The Morgan fingerprint density at radius 3 is 2.24 bits per heavy atom. The molecule has 2 saturated heterocycles. The lowest BCUT2D eigenvalue weighted by Gasteiger charge is -2.38. The molecule has 45 heavy (non-hydrogen) atoms. The molecular weight excluding hydrogens is 724 g/mol. The van der Waals surface area contributed by atoms with Crippen molar-refractivity contribution in [3.63, 3.8) is 0 Å². The molecule has 2 atom stereocenters. The van der Waals surface area contributed by atoms with Gasteiger partial charge in [-0.25, -0.2) is 4.79 Å². The fourth-order valence-corrected chi connectivity index (χ4v) is 8.73. The summed E-state index contributed by atoms with van der Waals surface area (Å²) in [7, 11) is 0. The summed E-state index contributed by atoms with van der Waals surface area (Å²) in [6.07, 6.45) is 6.31. The van der Waals surface area contributed by atoms with E-state index in [4.69, 9.17) is 27.1 Å². The highest BCUT2D eigenvalue weighted by Crippen LogP contribution is 2.46. The molecule has 3 aliphatic rings. The Labute approximate surface area is 288 Å². The van der Waals surface area contributed by atoms with Crippen LogP contribution in [0.15, 0.2) is 33.3 Å². The normalized spacial score (nSPS) is 20.2. The van der Waals surface area contributed by atoms with Crippen LogP contribution in [0.4, 0.5) is 4.79 Å². The van der Waals surface area contributed by atoms with Gasteiger partial charge in [0.05, 0.1) is 12.1 Å². The quantitative estimate of drug-likeness (QED) is 0.334. The maximum absolute atomic E-state index is 13.4. The predicted octanol–water partition coefficient (Wildman–Crippen LogP) is 7.26. The number of amides is 3. The molecule has 244 valence electrons. The first-order chi connectivity index (χ1) is 21.3. The van der Waals surface area contributed by atoms with Gasteiger partial charge in [-0.1, -0.05) is 48.3 Å². The Hall–Kier alpha value is -2.17. The molecule has 0 saturated carbocycles. The number of pyridine rings is 1. The molecule has 3 amide bonds. The van der Waals surface area contributed by atoms with Crippen molar-refractivity contribution in [3.05, 3.63) is 60.7 Å². The summed E-state index contributed by atoms with van der Waals surface area (Å²) in [6, 6.07) is 6.30. The minimum absolute atomic E-state index is 0.0413. The molecule has 11 heteroatoms. The third kappa shape index (κ3) is 8.22. The monoisotopic (exact) mass is 764 g/mol. The minimum Gasteiger partial charge on any atom is -0.445 e. The van der Waals surface area contributed by atoms with Gasteiger partial charge in [-0.05, 0) is 107 Å². The Morgan fingerprint density at radius 1 is 0.978 bits per heavy atom. The summed E-state index contributed by atoms with van der Waals surface area (Å²) < 4.78 is 7.27. The number of halogens is 3. The smallest absolute Gasteiger partial charge is 0.404 e. The Morgan fingerprint density at radius 2 is 1.60 bits per heavy atom. The number of ether oxygens (including phenoxy) is 1. The molecular formula is C34H43Br2ClN4O4. The average Bonchev–Trinajstić information content (AvgIpc) is 3.13. The van der Waals surface area contributed by atoms with Gasteiger partial charge in [0.25, 0.3) is 0 Å². The van der Waals surface area contributed by atoms with Crippen LogP contribution in [-0.4, -0.2) is 65.0 Å². The topological polar surface area (TPSA) is 106 Å². The van der Waals surface area contributed by atoms with Crippen LogP contribution in [0.1, 0.15) is 87.6 Å². The molecule has 1 aromatic carbocycles. The van der Waals surface area contributed by atoms with E-state index in [2.05, 4.69) is 44.0 Å². The van der Waals surface area contributed by atoms with Crippen molar-refractivity contribution in [1.29, 1.82) is 0 Å². The first kappa shape index (κ1) is 34.2. The molecule has 1 aromatic heterocycles. The number of hydrogen-bond acceptors (Lipinski definition) is 5. The molecule has 5 rings (SSSR count). The number of carbonyl (C=O) groups is 3. The number of carbonyl (C=O) groups excluding carboxylic acids is 3. The number of aryl methyl sites for hydroxylation is 2. The third-order valence-electron chi connectivity index (χ3n) is 9.80. The van der Waals surface area contributed by atoms with Gasteiger partial charge in [-0.3, -0.25) is 14.6 Å². The Bertz CT molecular complexity index is 1430. The van der Waals surface area contributed by atoms with Crippen LogP contribution in [0.25, 0.3) is 0 Å². The zero-order valence-corrected chi connectivity index (χ0v) is 30.2. The van der Waals surface area contributed by atoms with Gasteiger partial charge in [0, 0.05) is 58.7 Å². The van der Waals surface area contributed by atoms with Gasteiger partial charge in [0.1, 0.15) is 6.10 Å². The van der Waals surface area contributed by atoms with E-state index in [1.807, 2.05) is 42.8 Å². The van der Waals surface area contributed by atoms with Crippen molar-refractivity contribution >= 4 is 61.4 Å². The second-order valence-electron chi connectivity index (χ2n) is 13.9. The number of fused-ring (bicyclic) bond motifs is 2. The summed E-state index contributed by atoms with van der Waals surface area (Å²) in [5.74, 6) is 0.921. The van der Waals surface area contributed by atoms with Crippen LogP contribution < -0.4 is 5.73 Å². The predicted molar refractivity (Wildman–Crippen MR) is 182 cm³/mol. The molecule has 2 unspecified atom stereocenters. The molecule has 0 spiro atoms. The first-order valence-corrected chi connectivity index (χ1v) is 17.9. The second kappa shape index (κ2) is 14.3. The van der Waals surface area contributed by atoms with Crippen molar-refractivity contribution in [2.24, 2.45) is 23.0 Å². The molecule has 2 fully saturated rings. The molecule has 8 nitrogen and oxygen atoms in total. The summed E-state index contributed by atoms with van der Waals surface area (Å²) in [6.45, 7) is 8.45. The second-order valence-corrected chi connectivity index (χ2v) is 16.1. The van der Waals surface area contributed by atoms with E-state index in [1.54, 1.807) is 0 Å². The largest absolute Gasteiger partial charge is 0.445 e. The molecule has 2 aromatic rings. The highest BCUT2D eigenvalue weighted by atomic mass is 79.9. The van der Waals surface area contributed by atoms with E-state index in [9.17, 15) is 14.4 Å². The highest BCUT2D eigenvalue weighted by molar-refractivity contribution is 9.10. The number of hydrogen-bond donors (Lipinski definition) is 1. The van der Waals surface area contributed by atoms with E-state index in [1.165, 1.54) is 16.7 Å². The average molecular weight is 767 g/mol. The molecule has 3 heterocycles. The summed E-state index contributed by atoms with van der Waals surface area (Å²) in [4.78, 5) is 46.6. The van der Waals surface area contributed by atoms with Crippen molar-refractivity contribution < 1.29 is 19.1 Å². The van der Waals surface area contributed by atoms with E-state index >= 15 is 0 Å². The lowest BCUT2D eigenvalue weighted by Crippen LogP contribution is -2.44. The third-order valence-corrected chi connectivity index (χ3v) is 11.1. The number of likely N-dealkylation sites (tertiary alicyclic amines) is 2. The van der Waals surface area contributed by atoms with Gasteiger partial charge in [-0.2, -0.15) is 0 Å². The summed E-state index contributed by atoms with van der Waals surface area (Å²) >= 11 is 13.9. The lowest BCUT2D eigenvalue weighted by molar-refractivity contribution is -0.137. The number of nitrogens with two attached hydrogens (primary N) is 1. The molecule has 2 aliphatic heterocycles. The number of aromatic nitrogens is 1. The zero-order valence-electron chi connectivity index (χ0n) is 26.3. The minimum atomic E-state index is -0.865. The van der Waals surface area contributed by atoms with Crippen LogP contribution in [-0.2, 0) is 27.2 Å². The fraction of sp³-hybridized carbons (Fsp3) is 0.588. The van der Waals surface area contributed by atoms with Crippen LogP contribution in [0, 0.1) is 17.3 Å². The van der Waals surface area contributed by atoms with Gasteiger partial charge in [0.2, 0.25) is 11.8 Å². The summed E-state index contributed by atoms with van der Waals surface area (Å²) in [5, 5.41) is 0.737. The lowest BCUT2D eigenvalue weighted by atomic mass is 9.76. The number of rotatable bonds is 6. The Balaban J connectivity index is 1.17. The number of piperidine rings is 2. The van der Waals surface area contributed by atoms with Crippen LogP contribution in [0.5, 0.6) is 0 Å². The van der Waals surface area contributed by atoms with E-state index in [0.717, 1.165) is 71.3 Å². The Kier molecular flexibility index (Phi) is 10.9. The zero-order chi connectivity index (χ0) is 32.5. The first-order valence-electron chi connectivity index (χ1n) is 15.9. The SMILES string of the molecule is CC(C)(C)C(CC(=O)N1CCC(CC(=O)N2CCC(C3c4ncc(Br)cc4CCc4cc(Cl)cc(Br)c43)CC2)CC1)OC(N)=O. The van der Waals surface area contributed by atoms with Gasteiger partial charge >= 0.3 is 6.09 Å². The number of primary amides is 1. The molecule has 0 radical (unpaired) electrons. The van der Waals surface area contributed by atoms with E-state index < -0.39 is 17.6 Å². The number of benzene rings is 1. The maximum Gasteiger partial charge on any atom is 0.404 e. The van der Waals surface area contributed by atoms with Crippen LogP contribution in [0.3, 0.4) is 0 Å². The van der Waals surface area contributed by atoms with Crippen LogP contribution in [0.2, 0.25) is 5.02 Å². The van der Waals surface area contributed by atoms with E-state index in [-0.39, 0.29) is 30.1 Å². The van der Waals surface area contributed by atoms with Crippen molar-refractivity contribution in [2.75, 3.05) is 26.2 Å². The van der Waals surface area contributed by atoms with Crippen molar-refractivity contribution in [1.82, 2.24) is 14.8 Å². The molecule has 2 N–H and O–H groups in total. The number of nitrogens with zero attached hydrogens (tertiary/aromatic N) is 3. The van der Waals surface area contributed by atoms with Crippen molar-refractivity contribution in [2.45, 2.75) is 84.2 Å². The standard InChI is InChI=1S/C34H43Br2ClN4O4/c1-34(2,3)27(45-33(38)44)18-29(43)40-10-6-20(7-11-40)14-28(42)41-12-8-21(9-13-41)31-30-22(16-25(37)17-26(30)36)4-5-23-15-24(35)19-39-32(23)31/h15-17,19-21,27,31H,4-14,18H2,1-3H3,(H2,38,44). The van der Waals surface area contributed by atoms with Gasteiger partial charge < -0.3 is 20.3 Å². The van der Waals surface area contributed by atoms with Gasteiger partial charge in [0.15, 0.2) is 0 Å². The molecule has 0 bridgehead atoms. The van der Waals surface area contributed by atoms with Crippen molar-refractivity contribution in [3.8, 4) is 0 Å². The van der Waals surface area contributed by atoms with Gasteiger partial charge in [-0.15, -0.1) is 0 Å². The molecule has 1 aliphatic carbocycles. The van der Waals surface area contributed by atoms with Crippen LogP contribution >= 0.6 is 43.5 Å². The summed E-state index contributed by atoms with van der Waals surface area (Å²) in [5.41, 5.74) is 9.81. The highest BCUT2D eigenvalue weighted by Gasteiger charge is 2.37. The van der Waals surface area contributed by atoms with E-state index in [0.29, 0.717) is 25.4 Å². The fourth-order valence-electron chi connectivity index (χ4n) is 7.23. The maximum atomic E-state index is 13.4.